The number of carbonyl (C=O) groups excluding carboxylic acids is 5. The van der Waals surface area contributed by atoms with Crippen LogP contribution < -0.4 is 10.6 Å². The first-order valence-electron chi connectivity index (χ1n) is 11.1. The van der Waals surface area contributed by atoms with E-state index in [0.29, 0.717) is 5.75 Å². The van der Waals surface area contributed by atoms with Gasteiger partial charge in [-0.05, 0) is 56.5 Å². The van der Waals surface area contributed by atoms with E-state index in [-0.39, 0.29) is 40.7 Å². The molecule has 0 fully saturated rings. The van der Waals surface area contributed by atoms with Gasteiger partial charge in [0.25, 0.3) is 23.6 Å². The van der Waals surface area contributed by atoms with E-state index in [1.54, 1.807) is 36.4 Å². The van der Waals surface area contributed by atoms with Gasteiger partial charge in [-0.2, -0.15) is 11.8 Å². The smallest absolute Gasteiger partial charge is 0.329 e. The van der Waals surface area contributed by atoms with Gasteiger partial charge in [-0.3, -0.25) is 24.1 Å². The van der Waals surface area contributed by atoms with Crippen LogP contribution in [0, 0.1) is 0 Å². The molecule has 1 atom stereocenters. The molecule has 35 heavy (non-hydrogen) atoms. The Balaban J connectivity index is 1.68. The Morgan fingerprint density at radius 1 is 0.971 bits per heavy atom. The predicted octanol–water partition coefficient (Wildman–Crippen LogP) is 2.72. The van der Waals surface area contributed by atoms with Crippen LogP contribution in [0.4, 0.5) is 5.69 Å². The van der Waals surface area contributed by atoms with Gasteiger partial charge in [0.15, 0.2) is 6.61 Å². The fourth-order valence-corrected chi connectivity index (χ4v) is 4.08. The van der Waals surface area contributed by atoms with Gasteiger partial charge < -0.3 is 15.4 Å². The summed E-state index contributed by atoms with van der Waals surface area (Å²) in [5.74, 6) is -2.50. The molecule has 1 aliphatic rings. The van der Waals surface area contributed by atoms with Gasteiger partial charge in [-0.15, -0.1) is 0 Å². The van der Waals surface area contributed by atoms with Crippen molar-refractivity contribution >= 4 is 47.0 Å². The van der Waals surface area contributed by atoms with E-state index < -0.39 is 36.3 Å². The maximum atomic E-state index is 12.9. The van der Waals surface area contributed by atoms with E-state index in [0.717, 1.165) is 4.90 Å². The summed E-state index contributed by atoms with van der Waals surface area (Å²) in [6, 6.07) is 11.6. The minimum Gasteiger partial charge on any atom is -0.454 e. The van der Waals surface area contributed by atoms with E-state index >= 15 is 0 Å². The Bertz CT molecular complexity index is 1110. The number of amides is 4. The number of imide groups is 1. The van der Waals surface area contributed by atoms with Crippen molar-refractivity contribution in [2.75, 3.05) is 23.9 Å². The minimum absolute atomic E-state index is 0.0902. The summed E-state index contributed by atoms with van der Waals surface area (Å²) >= 11 is 1.45. The molecule has 9 nitrogen and oxygen atoms in total. The Kier molecular flexibility index (Phi) is 8.64. The van der Waals surface area contributed by atoms with Crippen LogP contribution in [0.3, 0.4) is 0 Å². The standard InChI is InChI=1S/C25H27N3O6S/c1-15(2)26-22(30)18-10-6-7-11-19(18)27-21(29)14-34-25(33)20(12-13-35-3)28-23(31)16-8-4-5-9-17(16)24(28)32/h4-11,15,20H,12-14H2,1-3H3,(H,26,30)(H,27,29)/t20-/m0/s1. The summed E-state index contributed by atoms with van der Waals surface area (Å²) in [5.41, 5.74) is 0.998. The zero-order valence-electron chi connectivity index (χ0n) is 19.7. The Hall–Kier alpha value is -3.66. The lowest BCUT2D eigenvalue weighted by molar-refractivity contribution is -0.151. The number of nitrogens with zero attached hydrogens (tertiary/aromatic N) is 1. The molecule has 0 unspecified atom stereocenters. The van der Waals surface area contributed by atoms with E-state index in [2.05, 4.69) is 10.6 Å². The van der Waals surface area contributed by atoms with Crippen LogP contribution in [0.1, 0.15) is 51.3 Å². The van der Waals surface area contributed by atoms with Gasteiger partial charge in [-0.1, -0.05) is 24.3 Å². The van der Waals surface area contributed by atoms with Gasteiger partial charge in [0.1, 0.15) is 6.04 Å². The third kappa shape index (κ3) is 6.07. The summed E-state index contributed by atoms with van der Waals surface area (Å²) in [4.78, 5) is 64.4. The fourth-order valence-electron chi connectivity index (χ4n) is 3.62. The largest absolute Gasteiger partial charge is 0.454 e. The van der Waals surface area contributed by atoms with Crippen LogP contribution in [-0.2, 0) is 14.3 Å². The number of fused-ring (bicyclic) bond motifs is 1. The molecule has 0 aromatic heterocycles. The minimum atomic E-state index is -1.16. The lowest BCUT2D eigenvalue weighted by atomic mass is 10.1. The van der Waals surface area contributed by atoms with E-state index in [4.69, 9.17) is 4.74 Å². The number of thioether (sulfide) groups is 1. The molecule has 0 saturated heterocycles. The highest BCUT2D eigenvalue weighted by atomic mass is 32.2. The number of benzene rings is 2. The molecule has 0 aliphatic carbocycles. The molecule has 0 bridgehead atoms. The van der Waals surface area contributed by atoms with Crippen molar-refractivity contribution < 1.29 is 28.7 Å². The number of esters is 1. The molecular formula is C25H27N3O6S. The van der Waals surface area contributed by atoms with Gasteiger partial charge in [-0.25, -0.2) is 4.79 Å². The second-order valence-electron chi connectivity index (χ2n) is 8.15. The summed E-state index contributed by atoms with van der Waals surface area (Å²) < 4.78 is 5.20. The first-order chi connectivity index (χ1) is 16.7. The average molecular weight is 498 g/mol. The van der Waals surface area contributed by atoms with E-state index in [1.807, 2.05) is 20.1 Å². The molecule has 1 heterocycles. The van der Waals surface area contributed by atoms with Crippen molar-refractivity contribution in [2.24, 2.45) is 0 Å². The van der Waals surface area contributed by atoms with Crippen molar-refractivity contribution in [2.45, 2.75) is 32.4 Å². The number of rotatable bonds is 10. The molecule has 0 spiro atoms. The highest BCUT2D eigenvalue weighted by molar-refractivity contribution is 7.98. The zero-order valence-corrected chi connectivity index (χ0v) is 20.5. The second-order valence-corrected chi connectivity index (χ2v) is 9.14. The Labute approximate surface area is 207 Å². The van der Waals surface area contributed by atoms with Crippen LogP contribution in [0.5, 0.6) is 0 Å². The number of anilines is 1. The molecule has 4 amide bonds. The quantitative estimate of drug-likeness (QED) is 0.382. The second kappa shape index (κ2) is 11.7. The molecule has 184 valence electrons. The van der Waals surface area contributed by atoms with Crippen LogP contribution in [0.2, 0.25) is 0 Å². The third-order valence-corrected chi connectivity index (χ3v) is 5.86. The first-order valence-corrected chi connectivity index (χ1v) is 12.5. The summed E-state index contributed by atoms with van der Waals surface area (Å²) in [5, 5.41) is 5.33. The lowest BCUT2D eigenvalue weighted by Gasteiger charge is -2.24. The van der Waals surface area contributed by atoms with E-state index in [9.17, 15) is 24.0 Å². The number of nitrogens with one attached hydrogen (secondary N) is 2. The molecule has 3 rings (SSSR count). The highest BCUT2D eigenvalue weighted by Crippen LogP contribution is 2.26. The molecule has 2 N–H and O–H groups in total. The van der Waals surface area contributed by atoms with Gasteiger partial charge in [0, 0.05) is 6.04 Å². The first kappa shape index (κ1) is 26.0. The van der Waals surface area contributed by atoms with Crippen molar-refractivity contribution in [3.05, 3.63) is 65.2 Å². The molecule has 10 heteroatoms. The molecule has 0 saturated carbocycles. The van der Waals surface area contributed by atoms with E-state index in [1.165, 1.54) is 23.9 Å². The Morgan fingerprint density at radius 3 is 2.17 bits per heavy atom. The van der Waals surface area contributed by atoms with Crippen LogP contribution >= 0.6 is 11.8 Å². The van der Waals surface area contributed by atoms with Crippen LogP contribution in [0.25, 0.3) is 0 Å². The normalized spacial score (nSPS) is 13.4. The summed E-state index contributed by atoms with van der Waals surface area (Å²) in [6.45, 7) is 3.00. The number of para-hydroxylation sites is 1. The predicted molar refractivity (Wildman–Crippen MR) is 132 cm³/mol. The number of hydrogen-bond donors (Lipinski definition) is 2. The van der Waals surface area contributed by atoms with Crippen molar-refractivity contribution in [3.63, 3.8) is 0 Å². The van der Waals surface area contributed by atoms with Gasteiger partial charge in [0.05, 0.1) is 22.4 Å². The molecule has 0 radical (unpaired) electrons. The zero-order chi connectivity index (χ0) is 25.5. The maximum absolute atomic E-state index is 12.9. The van der Waals surface area contributed by atoms with Crippen LogP contribution in [0.15, 0.2) is 48.5 Å². The number of hydrogen-bond acceptors (Lipinski definition) is 7. The number of ether oxygens (including phenoxy) is 1. The SMILES string of the molecule is CSCC[C@@H](C(=O)OCC(=O)Nc1ccccc1C(=O)NC(C)C)N1C(=O)c2ccccc2C1=O. The van der Waals surface area contributed by atoms with Crippen molar-refractivity contribution in [3.8, 4) is 0 Å². The topological polar surface area (TPSA) is 122 Å². The fraction of sp³-hybridized carbons (Fsp3) is 0.320. The summed E-state index contributed by atoms with van der Waals surface area (Å²) in [6.07, 6.45) is 2.02. The summed E-state index contributed by atoms with van der Waals surface area (Å²) in [7, 11) is 0. The monoisotopic (exact) mass is 497 g/mol. The highest BCUT2D eigenvalue weighted by Gasteiger charge is 2.43. The van der Waals surface area contributed by atoms with Crippen molar-refractivity contribution in [1.82, 2.24) is 10.2 Å². The molecule has 1 aliphatic heterocycles. The molecule has 2 aromatic rings. The third-order valence-electron chi connectivity index (χ3n) is 5.22. The number of carbonyl (C=O) groups is 5. The average Bonchev–Trinajstić information content (AvgIpc) is 3.08. The molecular weight excluding hydrogens is 470 g/mol. The lowest BCUT2D eigenvalue weighted by Crippen LogP contribution is -2.46. The van der Waals surface area contributed by atoms with Crippen LogP contribution in [-0.4, -0.2) is 65.2 Å². The Morgan fingerprint density at radius 2 is 1.57 bits per heavy atom. The van der Waals surface area contributed by atoms with Crippen molar-refractivity contribution in [1.29, 1.82) is 0 Å². The van der Waals surface area contributed by atoms with Gasteiger partial charge >= 0.3 is 5.97 Å². The van der Waals surface area contributed by atoms with Gasteiger partial charge in [0.2, 0.25) is 0 Å². The maximum Gasteiger partial charge on any atom is 0.329 e. The molecule has 2 aromatic carbocycles.